The van der Waals surface area contributed by atoms with Crippen LogP contribution in [-0.4, -0.2) is 12.4 Å². The molecule has 0 aliphatic carbocycles. The van der Waals surface area contributed by atoms with Crippen LogP contribution in [0, 0.1) is 11.8 Å². The Bertz CT molecular complexity index is 403. The van der Waals surface area contributed by atoms with Gasteiger partial charge in [0.05, 0.1) is 11.1 Å². The predicted octanol–water partition coefficient (Wildman–Crippen LogP) is 6.86. The van der Waals surface area contributed by atoms with Crippen molar-refractivity contribution >= 4 is 0 Å². The summed E-state index contributed by atoms with van der Waals surface area (Å²) < 4.78 is 74.8. The van der Waals surface area contributed by atoms with Crippen LogP contribution in [0.15, 0.2) is 35.5 Å². The highest BCUT2D eigenvalue weighted by Crippen LogP contribution is 2.36. The minimum atomic E-state index is -4.74. The van der Waals surface area contributed by atoms with Gasteiger partial charge in [0.15, 0.2) is 0 Å². The summed E-state index contributed by atoms with van der Waals surface area (Å²) in [6.45, 7) is 13.2. The molecule has 6 heteroatoms. The molecule has 0 aliphatic heterocycles. The molecule has 0 aromatic rings. The van der Waals surface area contributed by atoms with Gasteiger partial charge in [0.2, 0.25) is 0 Å². The number of halogens is 6. The summed E-state index contributed by atoms with van der Waals surface area (Å²) in [6, 6.07) is 0. The van der Waals surface area contributed by atoms with Gasteiger partial charge >= 0.3 is 12.4 Å². The minimum Gasteiger partial charge on any atom is -0.166 e. The second-order valence-electron chi connectivity index (χ2n) is 5.70. The van der Waals surface area contributed by atoms with Gasteiger partial charge in [-0.05, 0) is 30.4 Å². The number of alkyl halides is 6. The highest BCUT2D eigenvalue weighted by atomic mass is 19.4. The molecule has 0 atom stereocenters. The van der Waals surface area contributed by atoms with Crippen LogP contribution in [0.2, 0.25) is 0 Å². The normalized spacial score (nSPS) is 14.1. The van der Waals surface area contributed by atoms with E-state index in [0.717, 1.165) is 18.9 Å². The van der Waals surface area contributed by atoms with Crippen molar-refractivity contribution < 1.29 is 26.3 Å². The van der Waals surface area contributed by atoms with Crippen molar-refractivity contribution in [2.75, 3.05) is 0 Å². The maximum Gasteiger partial charge on any atom is 0.416 e. The average molecular weight is 330 g/mol. The van der Waals surface area contributed by atoms with Gasteiger partial charge in [-0.1, -0.05) is 47.3 Å². The van der Waals surface area contributed by atoms with Crippen LogP contribution < -0.4 is 0 Å². The van der Waals surface area contributed by atoms with Gasteiger partial charge in [0.25, 0.3) is 0 Å². The number of allylic oxidation sites excluding steroid dienone is 5. The standard InChI is InChI=1S/C12H14F6.C4H10/c1-5-9(12(16,17)18)6-10(7(2)3)8(4)11(13,14)15;1-4(2)3/h5-7H,4H2,1-3H3;4H,1-3H3/b9-5+,10-6-;. The Morgan fingerprint density at radius 3 is 1.41 bits per heavy atom. The summed E-state index contributed by atoms with van der Waals surface area (Å²) in [6.07, 6.45) is -8.19. The molecule has 0 aliphatic rings. The molecular weight excluding hydrogens is 306 g/mol. The molecule has 130 valence electrons. The SMILES string of the molecule is C=C(/C(=C\C(=C/C)C(F)(F)F)C(C)C)C(F)(F)F.CC(C)C. The van der Waals surface area contributed by atoms with Gasteiger partial charge in [-0.25, -0.2) is 0 Å². The molecule has 0 radical (unpaired) electrons. The van der Waals surface area contributed by atoms with Crippen LogP contribution >= 0.6 is 0 Å². The fraction of sp³-hybridized carbons (Fsp3) is 0.625. The zero-order valence-corrected chi connectivity index (χ0v) is 13.8. The molecule has 0 heterocycles. The molecule has 22 heavy (non-hydrogen) atoms. The van der Waals surface area contributed by atoms with Crippen molar-refractivity contribution in [3.05, 3.63) is 35.5 Å². The fourth-order valence-electron chi connectivity index (χ4n) is 1.26. The first-order valence-corrected chi connectivity index (χ1v) is 6.86. The zero-order valence-electron chi connectivity index (χ0n) is 13.8. The average Bonchev–Trinajstić information content (AvgIpc) is 2.25. The first kappa shape index (κ1) is 23.1. The highest BCUT2D eigenvalue weighted by molar-refractivity contribution is 5.40. The van der Waals surface area contributed by atoms with E-state index in [1.54, 1.807) is 0 Å². The van der Waals surface area contributed by atoms with E-state index >= 15 is 0 Å². The molecule has 0 bridgehead atoms. The maximum atomic E-state index is 12.5. The molecule has 0 saturated carbocycles. The molecule has 0 rings (SSSR count). The van der Waals surface area contributed by atoms with Crippen molar-refractivity contribution in [2.45, 2.75) is 53.9 Å². The minimum absolute atomic E-state index is 0.465. The molecular formula is C16H24F6. The molecule has 0 unspecified atom stereocenters. The quantitative estimate of drug-likeness (QED) is 0.392. The number of hydrogen-bond acceptors (Lipinski definition) is 0. The van der Waals surface area contributed by atoms with Gasteiger partial charge in [0.1, 0.15) is 0 Å². The smallest absolute Gasteiger partial charge is 0.166 e. The molecule has 0 spiro atoms. The third-order valence-corrected chi connectivity index (χ3v) is 2.26. The Balaban J connectivity index is 0. The summed E-state index contributed by atoms with van der Waals surface area (Å²) >= 11 is 0. The summed E-state index contributed by atoms with van der Waals surface area (Å²) in [5.41, 5.74) is -2.83. The molecule has 0 amide bonds. The Hall–Kier alpha value is -1.20. The zero-order chi connectivity index (χ0) is 18.3. The van der Waals surface area contributed by atoms with E-state index in [9.17, 15) is 26.3 Å². The van der Waals surface area contributed by atoms with E-state index in [4.69, 9.17) is 0 Å². The predicted molar refractivity (Wildman–Crippen MR) is 78.4 cm³/mol. The van der Waals surface area contributed by atoms with Crippen LogP contribution in [0.1, 0.15) is 41.5 Å². The van der Waals surface area contributed by atoms with Crippen molar-refractivity contribution in [3.63, 3.8) is 0 Å². The molecule has 0 nitrogen and oxygen atoms in total. The van der Waals surface area contributed by atoms with E-state index in [1.165, 1.54) is 13.8 Å². The largest absolute Gasteiger partial charge is 0.416 e. The monoisotopic (exact) mass is 330 g/mol. The third kappa shape index (κ3) is 9.68. The number of hydrogen-bond donors (Lipinski definition) is 0. The Labute approximate surface area is 128 Å². The summed E-state index contributed by atoms with van der Waals surface area (Å²) in [5.74, 6) is 0.122. The topological polar surface area (TPSA) is 0 Å². The first-order chi connectivity index (χ1) is 9.64. The second kappa shape index (κ2) is 9.06. The lowest BCUT2D eigenvalue weighted by Crippen LogP contribution is -2.17. The summed E-state index contributed by atoms with van der Waals surface area (Å²) in [7, 11) is 0. The molecule has 0 N–H and O–H groups in total. The third-order valence-electron chi connectivity index (χ3n) is 2.26. The number of rotatable bonds is 3. The molecule has 0 saturated heterocycles. The Kier molecular flexibility index (Phi) is 9.50. The van der Waals surface area contributed by atoms with Gasteiger partial charge in [-0.2, -0.15) is 26.3 Å². The van der Waals surface area contributed by atoms with Crippen LogP contribution in [0.25, 0.3) is 0 Å². The summed E-state index contributed by atoms with van der Waals surface area (Å²) in [4.78, 5) is 0. The van der Waals surface area contributed by atoms with E-state index in [1.807, 2.05) is 0 Å². The Morgan fingerprint density at radius 1 is 0.864 bits per heavy atom. The maximum absolute atomic E-state index is 12.5. The van der Waals surface area contributed by atoms with E-state index in [-0.39, 0.29) is 0 Å². The lowest BCUT2D eigenvalue weighted by Gasteiger charge is -2.18. The molecule has 0 fully saturated rings. The van der Waals surface area contributed by atoms with E-state index in [2.05, 4.69) is 27.4 Å². The summed E-state index contributed by atoms with van der Waals surface area (Å²) in [5, 5.41) is 0. The van der Waals surface area contributed by atoms with Crippen LogP contribution in [0.5, 0.6) is 0 Å². The first-order valence-electron chi connectivity index (χ1n) is 6.86. The van der Waals surface area contributed by atoms with Gasteiger partial charge in [-0.15, -0.1) is 0 Å². The van der Waals surface area contributed by atoms with Crippen molar-refractivity contribution in [1.29, 1.82) is 0 Å². The molecule has 0 aromatic carbocycles. The van der Waals surface area contributed by atoms with Crippen LogP contribution in [0.3, 0.4) is 0 Å². The highest BCUT2D eigenvalue weighted by Gasteiger charge is 2.37. The van der Waals surface area contributed by atoms with Crippen molar-refractivity contribution in [1.82, 2.24) is 0 Å². The van der Waals surface area contributed by atoms with Gasteiger partial charge in [0, 0.05) is 0 Å². The Morgan fingerprint density at radius 2 is 1.23 bits per heavy atom. The van der Waals surface area contributed by atoms with Crippen LogP contribution in [0.4, 0.5) is 26.3 Å². The van der Waals surface area contributed by atoms with Crippen molar-refractivity contribution in [2.24, 2.45) is 11.8 Å². The fourth-order valence-corrected chi connectivity index (χ4v) is 1.26. The lowest BCUT2D eigenvalue weighted by molar-refractivity contribution is -0.0920. The van der Waals surface area contributed by atoms with Crippen molar-refractivity contribution in [3.8, 4) is 0 Å². The molecule has 0 aromatic heterocycles. The van der Waals surface area contributed by atoms with Gasteiger partial charge < -0.3 is 0 Å². The lowest BCUT2D eigenvalue weighted by atomic mass is 9.93. The van der Waals surface area contributed by atoms with E-state index < -0.39 is 35.0 Å². The van der Waals surface area contributed by atoms with E-state index in [0.29, 0.717) is 6.08 Å². The van der Waals surface area contributed by atoms with Crippen LogP contribution in [-0.2, 0) is 0 Å². The second-order valence-corrected chi connectivity index (χ2v) is 5.70. The van der Waals surface area contributed by atoms with Gasteiger partial charge in [-0.3, -0.25) is 0 Å².